The summed E-state index contributed by atoms with van der Waals surface area (Å²) in [5, 5.41) is 0. The Morgan fingerprint density at radius 2 is 0.521 bits per heavy atom. The summed E-state index contributed by atoms with van der Waals surface area (Å²) in [5.74, 6) is 0. The third kappa shape index (κ3) is 5.93. The van der Waals surface area contributed by atoms with Crippen molar-refractivity contribution in [3.05, 3.63) is 135 Å². The Balaban J connectivity index is 0.000000152. The van der Waals surface area contributed by atoms with Crippen molar-refractivity contribution >= 4 is 86.0 Å². The molecule has 0 atom stereocenters. The number of hydrogen-bond acceptors (Lipinski definition) is 0. The minimum atomic E-state index is 0.171. The normalized spacial score (nSPS) is 23.2. The molecule has 4 aliphatic rings. The minimum absolute atomic E-state index is 0.171. The van der Waals surface area contributed by atoms with Gasteiger partial charge in [0.15, 0.2) is 0 Å². The van der Waals surface area contributed by atoms with Crippen molar-refractivity contribution in [3.63, 3.8) is 0 Å². The maximum Gasteiger partial charge on any atom is 0.0178 e. The fourth-order valence-electron chi connectivity index (χ4n) is 9.42. The van der Waals surface area contributed by atoms with Crippen molar-refractivity contribution in [3.8, 4) is 0 Å². The second kappa shape index (κ2) is 11.9. The summed E-state index contributed by atoms with van der Waals surface area (Å²) < 4.78 is 4.72. The number of rotatable bonds is 0. The SMILES string of the molecule is CC1(C)Cc2cc(Br)ccc2/C1=C1/c2ccc(Br)cc2CC1(C)C.CC1(C)Cc2cc(Br)ccc2/C1=C1/c2ccc(Br)cc2CC1(C)C. The van der Waals surface area contributed by atoms with Gasteiger partial charge in [0.05, 0.1) is 0 Å². The van der Waals surface area contributed by atoms with Crippen molar-refractivity contribution in [2.45, 2.75) is 81.1 Å². The van der Waals surface area contributed by atoms with E-state index >= 15 is 0 Å². The maximum atomic E-state index is 3.64. The molecular formula is C44H44Br4. The van der Waals surface area contributed by atoms with Gasteiger partial charge in [0.25, 0.3) is 0 Å². The van der Waals surface area contributed by atoms with Gasteiger partial charge in [0, 0.05) is 17.9 Å². The molecule has 0 aliphatic heterocycles. The van der Waals surface area contributed by atoms with Gasteiger partial charge in [-0.15, -0.1) is 0 Å². The van der Waals surface area contributed by atoms with Crippen LogP contribution in [0.3, 0.4) is 0 Å². The van der Waals surface area contributed by atoms with Gasteiger partial charge in [-0.3, -0.25) is 0 Å². The van der Waals surface area contributed by atoms with Crippen LogP contribution in [0.4, 0.5) is 0 Å². The molecule has 248 valence electrons. The molecule has 0 heterocycles. The predicted molar refractivity (Wildman–Crippen MR) is 220 cm³/mol. The van der Waals surface area contributed by atoms with E-state index in [1.54, 1.807) is 22.3 Å². The Morgan fingerprint density at radius 3 is 0.708 bits per heavy atom. The van der Waals surface area contributed by atoms with Gasteiger partial charge in [-0.1, -0.05) is 143 Å². The number of hydrogen-bond donors (Lipinski definition) is 0. The van der Waals surface area contributed by atoms with Gasteiger partial charge in [-0.2, -0.15) is 0 Å². The molecule has 8 rings (SSSR count). The quantitative estimate of drug-likeness (QED) is 0.165. The average molecular weight is 892 g/mol. The van der Waals surface area contributed by atoms with Crippen LogP contribution in [0, 0.1) is 21.7 Å². The molecule has 0 fully saturated rings. The van der Waals surface area contributed by atoms with E-state index < -0.39 is 0 Å². The first-order valence-corrected chi connectivity index (χ1v) is 20.2. The summed E-state index contributed by atoms with van der Waals surface area (Å²) in [6.07, 6.45) is 4.45. The second-order valence-corrected chi connectivity index (χ2v) is 20.6. The monoisotopic (exact) mass is 888 g/mol. The average Bonchev–Trinajstić information content (AvgIpc) is 3.56. The highest BCUT2D eigenvalue weighted by molar-refractivity contribution is 9.11. The molecule has 0 saturated carbocycles. The molecule has 0 saturated heterocycles. The van der Waals surface area contributed by atoms with Gasteiger partial charge in [-0.05, 0) is 163 Å². The molecule has 48 heavy (non-hydrogen) atoms. The molecule has 0 spiro atoms. The van der Waals surface area contributed by atoms with E-state index in [9.17, 15) is 0 Å². The van der Waals surface area contributed by atoms with Gasteiger partial charge < -0.3 is 0 Å². The van der Waals surface area contributed by atoms with Crippen LogP contribution in [0.1, 0.15) is 99.9 Å². The Morgan fingerprint density at radius 1 is 0.333 bits per heavy atom. The first kappa shape index (κ1) is 34.7. The van der Waals surface area contributed by atoms with E-state index in [2.05, 4.69) is 192 Å². The topological polar surface area (TPSA) is 0 Å². The van der Waals surface area contributed by atoms with Gasteiger partial charge >= 0.3 is 0 Å². The minimum Gasteiger partial charge on any atom is -0.0555 e. The number of fused-ring (bicyclic) bond motifs is 4. The smallest absolute Gasteiger partial charge is 0.0178 e. The summed E-state index contributed by atoms with van der Waals surface area (Å²) in [5.41, 5.74) is 18.6. The molecule has 0 aromatic heterocycles. The summed E-state index contributed by atoms with van der Waals surface area (Å²) in [6, 6.07) is 27.2. The molecule has 0 radical (unpaired) electrons. The summed E-state index contributed by atoms with van der Waals surface area (Å²) in [7, 11) is 0. The van der Waals surface area contributed by atoms with E-state index in [1.807, 2.05) is 0 Å². The molecule has 0 nitrogen and oxygen atoms in total. The highest BCUT2D eigenvalue weighted by atomic mass is 79.9. The van der Waals surface area contributed by atoms with Crippen LogP contribution in [0.15, 0.2) is 90.7 Å². The van der Waals surface area contributed by atoms with Crippen molar-refractivity contribution in [1.29, 1.82) is 0 Å². The zero-order valence-electron chi connectivity index (χ0n) is 29.3. The van der Waals surface area contributed by atoms with Crippen LogP contribution in [-0.4, -0.2) is 0 Å². The zero-order chi connectivity index (χ0) is 34.6. The van der Waals surface area contributed by atoms with Gasteiger partial charge in [-0.25, -0.2) is 0 Å². The zero-order valence-corrected chi connectivity index (χ0v) is 35.6. The molecule has 4 aromatic rings. The van der Waals surface area contributed by atoms with Crippen LogP contribution < -0.4 is 0 Å². The standard InChI is InChI=1S/2C22H22Br2/c2*1-21(2)11-13-9-15(23)5-7-17(13)19(21)20-18-8-6-16(24)10-14(18)12-22(20,3)4/h2*5-10H,11-12H2,1-4H3/b2*20-19+. The summed E-state index contributed by atoms with van der Waals surface area (Å²) in [6.45, 7) is 19.2. The third-order valence-corrected chi connectivity index (χ3v) is 13.1. The number of benzene rings is 4. The van der Waals surface area contributed by atoms with Crippen molar-refractivity contribution in [2.24, 2.45) is 21.7 Å². The van der Waals surface area contributed by atoms with Gasteiger partial charge in [0.1, 0.15) is 0 Å². The van der Waals surface area contributed by atoms with E-state index in [0.717, 1.165) is 25.7 Å². The Bertz CT molecular complexity index is 1770. The Hall–Kier alpha value is -1.72. The van der Waals surface area contributed by atoms with Gasteiger partial charge in [0.2, 0.25) is 0 Å². The molecule has 0 amide bonds. The third-order valence-electron chi connectivity index (χ3n) is 11.1. The summed E-state index contributed by atoms with van der Waals surface area (Å²) >= 11 is 14.6. The van der Waals surface area contributed by atoms with Crippen molar-refractivity contribution in [1.82, 2.24) is 0 Å². The van der Waals surface area contributed by atoms with Crippen LogP contribution in [0.25, 0.3) is 22.3 Å². The molecule has 4 aromatic carbocycles. The van der Waals surface area contributed by atoms with Crippen LogP contribution in [-0.2, 0) is 25.7 Å². The molecule has 0 N–H and O–H groups in total. The van der Waals surface area contributed by atoms with E-state index in [-0.39, 0.29) is 21.7 Å². The van der Waals surface area contributed by atoms with Crippen LogP contribution in [0.5, 0.6) is 0 Å². The number of allylic oxidation sites excluding steroid dienone is 4. The fourth-order valence-corrected chi connectivity index (χ4v) is 11.1. The highest BCUT2D eigenvalue weighted by Crippen LogP contribution is 2.59. The first-order chi connectivity index (χ1) is 22.4. The molecule has 4 aliphatic carbocycles. The lowest BCUT2D eigenvalue weighted by atomic mass is 9.74. The first-order valence-electron chi connectivity index (χ1n) is 17.0. The molecule has 0 unspecified atom stereocenters. The lowest BCUT2D eigenvalue weighted by molar-refractivity contribution is 0.495. The van der Waals surface area contributed by atoms with Crippen LogP contribution in [0.2, 0.25) is 0 Å². The fraction of sp³-hybridized carbons (Fsp3) is 0.364. The Labute approximate surface area is 321 Å². The van der Waals surface area contributed by atoms with E-state index in [4.69, 9.17) is 0 Å². The maximum absolute atomic E-state index is 3.64. The van der Waals surface area contributed by atoms with E-state index in [1.165, 1.54) is 62.4 Å². The lowest BCUT2D eigenvalue weighted by Gasteiger charge is -2.30. The second-order valence-electron chi connectivity index (χ2n) is 16.9. The lowest BCUT2D eigenvalue weighted by Crippen LogP contribution is -2.17. The van der Waals surface area contributed by atoms with Crippen molar-refractivity contribution in [2.75, 3.05) is 0 Å². The summed E-state index contributed by atoms with van der Waals surface area (Å²) in [4.78, 5) is 0. The number of halogens is 4. The largest absolute Gasteiger partial charge is 0.0555 e. The predicted octanol–water partition coefficient (Wildman–Crippen LogP) is 14.6. The molecule has 0 bridgehead atoms. The van der Waals surface area contributed by atoms with Crippen LogP contribution >= 0.6 is 63.7 Å². The highest BCUT2D eigenvalue weighted by Gasteiger charge is 2.45. The Kier molecular flexibility index (Phi) is 8.63. The molecule has 4 heteroatoms. The van der Waals surface area contributed by atoms with E-state index in [0.29, 0.717) is 0 Å². The van der Waals surface area contributed by atoms with Crippen molar-refractivity contribution < 1.29 is 0 Å². The molecular weight excluding hydrogens is 848 g/mol.